The Kier molecular flexibility index (Phi) is 9.92. The van der Waals surface area contributed by atoms with Crippen molar-refractivity contribution in [3.8, 4) is 5.75 Å². The molecule has 9 N–H and O–H groups in total. The fraction of sp³-hybridized carbons (Fsp3) is 0.421. The fourth-order valence-electron chi connectivity index (χ4n) is 2.43. The Hall–Kier alpha value is -3.67. The van der Waals surface area contributed by atoms with Crippen molar-refractivity contribution in [2.75, 3.05) is 6.54 Å². The van der Waals surface area contributed by atoms with Gasteiger partial charge >= 0.3 is 5.97 Å². The van der Waals surface area contributed by atoms with E-state index in [-0.39, 0.29) is 25.0 Å². The van der Waals surface area contributed by atoms with Crippen molar-refractivity contribution in [1.29, 1.82) is 0 Å². The van der Waals surface area contributed by atoms with Crippen molar-refractivity contribution in [3.63, 3.8) is 0 Å². The van der Waals surface area contributed by atoms with Gasteiger partial charge in [-0.1, -0.05) is 12.1 Å². The van der Waals surface area contributed by atoms with Crippen LogP contribution in [0.5, 0.6) is 5.75 Å². The Balaban J connectivity index is 2.74. The molecule has 0 aliphatic rings. The number of carbonyl (C=O) groups is 5. The monoisotopic (exact) mass is 437 g/mol. The number of nitrogens with two attached hydrogens (primary N) is 2. The second-order valence-electron chi connectivity index (χ2n) is 6.89. The highest BCUT2D eigenvalue weighted by Crippen LogP contribution is 2.11. The molecule has 1 aromatic carbocycles. The Bertz CT molecular complexity index is 812. The molecule has 1 rings (SSSR count). The molecule has 0 bridgehead atoms. The lowest BCUT2D eigenvalue weighted by molar-refractivity contribution is -0.141. The predicted octanol–water partition coefficient (Wildman–Crippen LogP) is -2.28. The van der Waals surface area contributed by atoms with Crippen LogP contribution in [0.25, 0.3) is 0 Å². The van der Waals surface area contributed by atoms with Crippen molar-refractivity contribution >= 4 is 29.6 Å². The summed E-state index contributed by atoms with van der Waals surface area (Å²) in [5.41, 5.74) is 11.2. The van der Waals surface area contributed by atoms with Gasteiger partial charge in [0.15, 0.2) is 0 Å². The number of carbonyl (C=O) groups excluding carboxylic acids is 4. The number of aliphatic carboxylic acids is 1. The van der Waals surface area contributed by atoms with Gasteiger partial charge in [0.05, 0.1) is 12.6 Å². The molecule has 1 aromatic rings. The van der Waals surface area contributed by atoms with Crippen LogP contribution >= 0.6 is 0 Å². The molecule has 0 aliphatic heterocycles. The first-order chi connectivity index (χ1) is 14.5. The highest BCUT2D eigenvalue weighted by atomic mass is 16.4. The maximum Gasteiger partial charge on any atom is 0.325 e. The third-order valence-corrected chi connectivity index (χ3v) is 4.22. The van der Waals surface area contributed by atoms with E-state index in [2.05, 4.69) is 16.0 Å². The van der Waals surface area contributed by atoms with E-state index in [0.717, 1.165) is 0 Å². The lowest BCUT2D eigenvalue weighted by Crippen LogP contribution is -2.54. The fourth-order valence-corrected chi connectivity index (χ4v) is 2.43. The van der Waals surface area contributed by atoms with E-state index in [9.17, 15) is 29.1 Å². The van der Waals surface area contributed by atoms with Gasteiger partial charge in [0.25, 0.3) is 0 Å². The number of benzene rings is 1. The average Bonchev–Trinajstić information content (AvgIpc) is 2.70. The highest BCUT2D eigenvalue weighted by Gasteiger charge is 2.25. The molecule has 170 valence electrons. The van der Waals surface area contributed by atoms with Crippen molar-refractivity contribution in [2.45, 2.75) is 44.3 Å². The summed E-state index contributed by atoms with van der Waals surface area (Å²) in [7, 11) is 0. The highest BCUT2D eigenvalue weighted by molar-refractivity contribution is 5.92. The van der Waals surface area contributed by atoms with Crippen molar-refractivity contribution < 1.29 is 34.2 Å². The van der Waals surface area contributed by atoms with Gasteiger partial charge in [-0.3, -0.25) is 24.0 Å². The summed E-state index contributed by atoms with van der Waals surface area (Å²) in [5, 5.41) is 25.3. The molecule has 0 spiro atoms. The van der Waals surface area contributed by atoms with Crippen LogP contribution in [0.3, 0.4) is 0 Å². The summed E-state index contributed by atoms with van der Waals surface area (Å²) in [6.45, 7) is 0.782. The van der Waals surface area contributed by atoms with Crippen molar-refractivity contribution in [3.05, 3.63) is 29.8 Å². The summed E-state index contributed by atoms with van der Waals surface area (Å²) in [6.07, 6.45) is -0.0601. The number of amides is 4. The van der Waals surface area contributed by atoms with Gasteiger partial charge in [0.1, 0.15) is 17.8 Å². The van der Waals surface area contributed by atoms with Crippen molar-refractivity contribution in [1.82, 2.24) is 16.0 Å². The van der Waals surface area contributed by atoms with Crippen LogP contribution in [0.2, 0.25) is 0 Å². The average molecular weight is 437 g/mol. The first-order valence-electron chi connectivity index (χ1n) is 9.41. The number of carboxylic acids is 1. The molecule has 0 aromatic heterocycles. The molecular weight excluding hydrogens is 410 g/mol. The number of phenolic OH excluding ortho intramolecular Hbond substituents is 1. The lowest BCUT2D eigenvalue weighted by atomic mass is 10.0. The molecule has 12 heteroatoms. The zero-order chi connectivity index (χ0) is 23.6. The minimum Gasteiger partial charge on any atom is -0.508 e. The lowest BCUT2D eigenvalue weighted by Gasteiger charge is -2.20. The van der Waals surface area contributed by atoms with Crippen LogP contribution in [-0.4, -0.2) is 64.5 Å². The maximum atomic E-state index is 12.5. The third-order valence-electron chi connectivity index (χ3n) is 4.22. The second kappa shape index (κ2) is 12.1. The molecule has 3 atom stereocenters. The smallest absolute Gasteiger partial charge is 0.325 e. The summed E-state index contributed by atoms with van der Waals surface area (Å²) in [5.74, 6) is -3.96. The number of aromatic hydroxyl groups is 1. The van der Waals surface area contributed by atoms with E-state index in [1.54, 1.807) is 12.1 Å². The Morgan fingerprint density at radius 2 is 1.65 bits per heavy atom. The summed E-state index contributed by atoms with van der Waals surface area (Å²) in [6, 6.07) is 2.53. The molecule has 0 saturated heterocycles. The minimum atomic E-state index is -1.25. The number of nitrogens with one attached hydrogen (secondary N) is 3. The summed E-state index contributed by atoms with van der Waals surface area (Å²) in [4.78, 5) is 58.3. The molecule has 0 radical (unpaired) electrons. The Morgan fingerprint density at radius 1 is 1.03 bits per heavy atom. The van der Waals surface area contributed by atoms with E-state index < -0.39 is 54.3 Å². The predicted molar refractivity (Wildman–Crippen MR) is 108 cm³/mol. The van der Waals surface area contributed by atoms with Crippen LogP contribution in [-0.2, 0) is 30.4 Å². The van der Waals surface area contributed by atoms with E-state index in [4.69, 9.17) is 16.6 Å². The van der Waals surface area contributed by atoms with E-state index in [0.29, 0.717) is 5.56 Å². The topological polar surface area (TPSA) is 214 Å². The van der Waals surface area contributed by atoms with Crippen LogP contribution in [0.1, 0.15) is 25.3 Å². The second-order valence-corrected chi connectivity index (χ2v) is 6.89. The van der Waals surface area contributed by atoms with Crippen LogP contribution in [0.15, 0.2) is 24.3 Å². The Morgan fingerprint density at radius 3 is 2.19 bits per heavy atom. The van der Waals surface area contributed by atoms with Gasteiger partial charge in [-0.05, 0) is 31.0 Å². The molecule has 0 aliphatic carbocycles. The first-order valence-corrected chi connectivity index (χ1v) is 9.41. The van der Waals surface area contributed by atoms with E-state index >= 15 is 0 Å². The number of phenols is 1. The summed E-state index contributed by atoms with van der Waals surface area (Å²) < 4.78 is 0. The molecule has 3 unspecified atom stereocenters. The van der Waals surface area contributed by atoms with Crippen molar-refractivity contribution in [2.24, 2.45) is 11.5 Å². The molecule has 0 saturated carbocycles. The van der Waals surface area contributed by atoms with Gasteiger partial charge in [-0.25, -0.2) is 0 Å². The Labute approximate surface area is 178 Å². The zero-order valence-corrected chi connectivity index (χ0v) is 17.0. The zero-order valence-electron chi connectivity index (χ0n) is 17.0. The quantitative estimate of drug-likeness (QED) is 0.189. The van der Waals surface area contributed by atoms with Crippen LogP contribution in [0, 0.1) is 0 Å². The number of hydrogen-bond donors (Lipinski definition) is 7. The van der Waals surface area contributed by atoms with E-state index in [1.165, 1.54) is 19.1 Å². The minimum absolute atomic E-state index is 0.0102. The summed E-state index contributed by atoms with van der Waals surface area (Å²) >= 11 is 0. The molecule has 4 amide bonds. The molecule has 31 heavy (non-hydrogen) atoms. The third kappa shape index (κ3) is 9.58. The van der Waals surface area contributed by atoms with Gasteiger partial charge in [0, 0.05) is 12.8 Å². The standard InChI is InChI=1S/C19H27N5O7/c1-10(19(30)31)23-18(29)14(8-11-2-4-12(25)5-3-11)24-16(27)9-22-17(28)13(20)6-7-15(21)26/h2-5,10,13-14,25H,6-9,20H2,1H3,(H2,21,26)(H,22,28)(H,23,29)(H,24,27)(H,30,31). The molecule has 12 nitrogen and oxygen atoms in total. The number of primary amides is 1. The van der Waals surface area contributed by atoms with E-state index in [1.807, 2.05) is 0 Å². The largest absolute Gasteiger partial charge is 0.508 e. The number of rotatable bonds is 12. The van der Waals surface area contributed by atoms with Crippen LogP contribution in [0.4, 0.5) is 0 Å². The SMILES string of the molecule is CC(NC(=O)C(Cc1ccc(O)cc1)NC(=O)CNC(=O)C(N)CCC(N)=O)C(=O)O. The van der Waals surface area contributed by atoms with Gasteiger partial charge in [-0.2, -0.15) is 0 Å². The first kappa shape index (κ1) is 25.4. The molecule has 0 heterocycles. The van der Waals surface area contributed by atoms with Gasteiger partial charge in [0.2, 0.25) is 23.6 Å². The van der Waals surface area contributed by atoms with Crippen LogP contribution < -0.4 is 27.4 Å². The number of hydrogen-bond acceptors (Lipinski definition) is 7. The number of carboxylic acid groups (broad SMARTS) is 1. The van der Waals surface area contributed by atoms with Gasteiger partial charge < -0.3 is 37.6 Å². The molecular formula is C19H27N5O7. The maximum absolute atomic E-state index is 12.5. The normalized spacial score (nSPS) is 13.4. The molecule has 0 fully saturated rings. The van der Waals surface area contributed by atoms with Gasteiger partial charge in [-0.15, -0.1) is 0 Å².